The molecule has 3 nitrogen and oxygen atoms in total. The zero-order chi connectivity index (χ0) is 18.5. The van der Waals surface area contributed by atoms with Crippen LogP contribution in [0.25, 0.3) is 0 Å². The molecule has 1 aromatic rings. The van der Waals surface area contributed by atoms with E-state index in [1.807, 2.05) is 11.4 Å². The van der Waals surface area contributed by atoms with Gasteiger partial charge in [0, 0.05) is 37.8 Å². The van der Waals surface area contributed by atoms with E-state index in [0.29, 0.717) is 16.7 Å². The Morgan fingerprint density at radius 2 is 1.44 bits per heavy atom. The molecular formula is C19H26O3PtSi2. The molecule has 0 saturated carbocycles. The molecule has 1 aliphatic carbocycles. The molecule has 2 rings (SSSR count). The Morgan fingerprint density at radius 3 is 1.84 bits per heavy atom. The first-order valence-electron chi connectivity index (χ1n) is 7.87. The largest absolute Gasteiger partial charge is 0.450 e. The molecule has 6 heteroatoms. The normalized spacial score (nSPS) is 13.6. The number of fused-ring (bicyclic) bond motifs is 1. The first-order chi connectivity index (χ1) is 11.0. The maximum Gasteiger partial charge on any atom is 0.226 e. The Kier molecular flexibility index (Phi) is 9.10. The van der Waals surface area contributed by atoms with Gasteiger partial charge < -0.3 is 4.12 Å². The van der Waals surface area contributed by atoms with Crippen LogP contribution in [0.5, 0.6) is 0 Å². The van der Waals surface area contributed by atoms with Gasteiger partial charge in [0.25, 0.3) is 0 Å². The molecular weight excluding hydrogens is 527 g/mol. The first kappa shape index (κ1) is 23.9. The summed E-state index contributed by atoms with van der Waals surface area (Å²) in [6.45, 7) is 17.9. The monoisotopic (exact) mass is 553 g/mol. The van der Waals surface area contributed by atoms with Crippen molar-refractivity contribution >= 4 is 28.2 Å². The van der Waals surface area contributed by atoms with Gasteiger partial charge in [0.15, 0.2) is 19.9 Å². The molecule has 0 heterocycles. The minimum absolute atomic E-state index is 0. The van der Waals surface area contributed by atoms with Crippen LogP contribution in [0.3, 0.4) is 0 Å². The molecule has 1 aliphatic rings. The van der Waals surface area contributed by atoms with E-state index in [4.69, 9.17) is 4.12 Å². The summed E-state index contributed by atoms with van der Waals surface area (Å²) >= 11 is 0. The van der Waals surface area contributed by atoms with Gasteiger partial charge in [-0.15, -0.1) is 13.2 Å². The maximum absolute atomic E-state index is 11.5. The fraction of sp³-hybridized carbons (Fsp3) is 0.263. The van der Waals surface area contributed by atoms with Crippen LogP contribution >= 0.6 is 0 Å². The number of ketones is 2. The Hall–Kier alpha value is -1.14. The van der Waals surface area contributed by atoms with E-state index < -0.39 is 16.6 Å². The molecule has 0 N–H and O–H groups in total. The summed E-state index contributed by atoms with van der Waals surface area (Å²) in [5, 5.41) is 0. The van der Waals surface area contributed by atoms with E-state index in [-0.39, 0.29) is 32.6 Å². The molecule has 0 atom stereocenters. The number of Topliss-reactive ketones (excluding diaryl/α,β-unsaturated/α-hetero) is 1. The van der Waals surface area contributed by atoms with Crippen molar-refractivity contribution in [3.63, 3.8) is 0 Å². The van der Waals surface area contributed by atoms with Gasteiger partial charge in [-0.3, -0.25) is 9.59 Å². The van der Waals surface area contributed by atoms with Crippen molar-refractivity contribution in [1.29, 1.82) is 0 Å². The predicted molar refractivity (Wildman–Crippen MR) is 105 cm³/mol. The summed E-state index contributed by atoms with van der Waals surface area (Å²) in [6, 6.07) is 6.89. The number of benzene rings is 1. The van der Waals surface area contributed by atoms with Crippen LogP contribution in [0, 0.1) is 0 Å². The van der Waals surface area contributed by atoms with E-state index in [0.717, 1.165) is 0 Å². The van der Waals surface area contributed by atoms with Gasteiger partial charge in [-0.1, -0.05) is 35.7 Å². The Labute approximate surface area is 167 Å². The van der Waals surface area contributed by atoms with E-state index >= 15 is 0 Å². The van der Waals surface area contributed by atoms with Crippen molar-refractivity contribution in [3.05, 3.63) is 71.6 Å². The average molecular weight is 554 g/mol. The maximum atomic E-state index is 11.5. The van der Waals surface area contributed by atoms with Crippen molar-refractivity contribution in [1.82, 2.24) is 0 Å². The third-order valence-electron chi connectivity index (χ3n) is 3.48. The summed E-state index contributed by atoms with van der Waals surface area (Å²) in [5.41, 5.74) is 5.41. The summed E-state index contributed by atoms with van der Waals surface area (Å²) < 4.78 is 5.97. The van der Waals surface area contributed by atoms with E-state index in [2.05, 4.69) is 39.3 Å². The summed E-state index contributed by atoms with van der Waals surface area (Å²) in [7, 11) is -3.16. The summed E-state index contributed by atoms with van der Waals surface area (Å²) in [6.07, 6.45) is 1.39. The molecule has 0 bridgehead atoms. The fourth-order valence-electron chi connectivity index (χ4n) is 2.27. The quantitative estimate of drug-likeness (QED) is 0.500. The molecule has 1 aromatic carbocycles. The van der Waals surface area contributed by atoms with Crippen LogP contribution in [-0.2, 0) is 25.2 Å². The number of carbonyl (C=O) groups excluding carboxylic acids is 2. The zero-order valence-electron chi connectivity index (χ0n) is 15.5. The van der Waals surface area contributed by atoms with Crippen LogP contribution in [0.1, 0.15) is 27.6 Å². The number of carbonyl (C=O) groups is 2. The molecule has 0 amide bonds. The van der Waals surface area contributed by atoms with Crippen molar-refractivity contribution in [2.45, 2.75) is 33.1 Å². The van der Waals surface area contributed by atoms with Gasteiger partial charge in [-0.05, 0) is 39.2 Å². The minimum atomic E-state index is -1.74. The molecule has 138 valence electrons. The van der Waals surface area contributed by atoms with E-state index in [9.17, 15) is 9.59 Å². The third kappa shape index (κ3) is 6.94. The first-order valence-corrected chi connectivity index (χ1v) is 13.8. The van der Waals surface area contributed by atoms with Gasteiger partial charge in [-0.25, -0.2) is 0 Å². The summed E-state index contributed by atoms with van der Waals surface area (Å²) in [4.78, 5) is 23.0. The smallest absolute Gasteiger partial charge is 0.226 e. The zero-order valence-corrected chi connectivity index (χ0v) is 19.8. The number of hydrogen-bond acceptors (Lipinski definition) is 3. The molecule has 0 radical (unpaired) electrons. The second-order valence-corrected chi connectivity index (χ2v) is 15.1. The Bertz CT molecular complexity index is 695. The standard InChI is InChI=1S/C11H8O2.C8H18OSi2.Pt/c1-7-6-10(12)8-4-2-3-5-9(8)11(7)13;1-7-11(6,8-2)9-10(3,4)5;/h2-6H,1H3;7-8H,1-2H2,3-6H3;. The molecule has 0 saturated heterocycles. The molecule has 25 heavy (non-hydrogen) atoms. The molecule has 0 aliphatic heterocycles. The number of hydrogen-bond donors (Lipinski definition) is 0. The Balaban J connectivity index is 0.000000451. The third-order valence-corrected chi connectivity index (χ3v) is 9.31. The predicted octanol–water partition coefficient (Wildman–Crippen LogP) is 4.87. The van der Waals surface area contributed by atoms with E-state index in [1.54, 1.807) is 31.2 Å². The van der Waals surface area contributed by atoms with Crippen LogP contribution in [0.2, 0.25) is 26.2 Å². The topological polar surface area (TPSA) is 43.4 Å². The van der Waals surface area contributed by atoms with Crippen molar-refractivity contribution in [2.24, 2.45) is 0 Å². The van der Waals surface area contributed by atoms with Gasteiger partial charge >= 0.3 is 0 Å². The summed E-state index contributed by atoms with van der Waals surface area (Å²) in [5.74, 6) is -0.122. The average Bonchev–Trinajstić information content (AvgIpc) is 2.52. The van der Waals surface area contributed by atoms with Crippen LogP contribution in [0.4, 0.5) is 0 Å². The van der Waals surface area contributed by atoms with Gasteiger partial charge in [0.2, 0.25) is 8.32 Å². The van der Waals surface area contributed by atoms with Crippen LogP contribution in [0.15, 0.2) is 60.5 Å². The van der Waals surface area contributed by atoms with Crippen molar-refractivity contribution in [2.75, 3.05) is 0 Å². The molecule has 0 aromatic heterocycles. The second-order valence-electron chi connectivity index (χ2n) is 6.87. The number of allylic oxidation sites excluding steroid dienone is 2. The molecule has 0 fully saturated rings. The number of rotatable bonds is 4. The van der Waals surface area contributed by atoms with Gasteiger partial charge in [0.05, 0.1) is 0 Å². The van der Waals surface area contributed by atoms with Crippen LogP contribution in [-0.4, -0.2) is 28.2 Å². The van der Waals surface area contributed by atoms with E-state index in [1.165, 1.54) is 6.08 Å². The van der Waals surface area contributed by atoms with Crippen LogP contribution < -0.4 is 0 Å². The Morgan fingerprint density at radius 1 is 0.960 bits per heavy atom. The molecule has 0 spiro atoms. The fourth-order valence-corrected chi connectivity index (χ4v) is 8.39. The second kappa shape index (κ2) is 9.53. The van der Waals surface area contributed by atoms with Crippen molar-refractivity contribution in [3.8, 4) is 0 Å². The SMILES string of the molecule is C=C[Si](C)(C=C)O[Si](C)(C)C.CC1=CC(=O)c2ccccc2C1=O.[Pt]. The van der Waals surface area contributed by atoms with Gasteiger partial charge in [0.1, 0.15) is 0 Å². The van der Waals surface area contributed by atoms with Gasteiger partial charge in [-0.2, -0.15) is 0 Å². The minimum Gasteiger partial charge on any atom is -0.450 e. The van der Waals surface area contributed by atoms with Crippen molar-refractivity contribution < 1.29 is 34.8 Å². The molecule has 0 unspecified atom stereocenters.